The zero-order valence-corrected chi connectivity index (χ0v) is 2.83. The van der Waals surface area contributed by atoms with Crippen LogP contribution in [0.15, 0.2) is 0 Å². The van der Waals surface area contributed by atoms with Crippen LogP contribution in [0.2, 0.25) is 0 Å². The Hall–Kier alpha value is -0.310. The van der Waals surface area contributed by atoms with E-state index in [2.05, 4.69) is 16.5 Å². The molecule has 0 aromatic carbocycles. The quantitative estimate of drug-likeness (QED) is 0.426. The van der Waals surface area contributed by atoms with E-state index in [1.807, 2.05) is 0 Å². The molecule has 0 aromatic rings. The van der Waals surface area contributed by atoms with Gasteiger partial charge in [0.1, 0.15) is 0 Å². The average molecular weight is 98.5 g/mol. The summed E-state index contributed by atoms with van der Waals surface area (Å²) >= 11 is 4.23. The van der Waals surface area contributed by atoms with Crippen molar-refractivity contribution in [3.8, 4) is 0 Å². The summed E-state index contributed by atoms with van der Waals surface area (Å²) in [6, 6.07) is 0. The molecule has 0 saturated heterocycles. The molecule has 4 heteroatoms. The van der Waals surface area contributed by atoms with E-state index in [9.17, 15) is 4.53 Å². The number of hydrogen-bond donors (Lipinski definition) is 0. The molecule has 0 fully saturated rings. The van der Waals surface area contributed by atoms with Crippen molar-refractivity contribution in [2.24, 2.45) is 0 Å². The van der Waals surface area contributed by atoms with E-state index >= 15 is 0 Å². The Labute approximate surface area is 32.4 Å². The Morgan fingerprint density at radius 3 is 2.20 bits per heavy atom. The fourth-order valence-electron chi connectivity index (χ4n) is 0. The van der Waals surface area contributed by atoms with E-state index in [1.54, 1.807) is 0 Å². The Kier molecular flexibility index (Phi) is 1.84. The molecule has 0 aliphatic heterocycles. The maximum absolute atomic E-state index is 10.1. The van der Waals surface area contributed by atoms with Gasteiger partial charge in [0.05, 0.1) is 0 Å². The first-order chi connectivity index (χ1) is 2.27. The summed E-state index contributed by atoms with van der Waals surface area (Å²) < 4.78 is 10.1. The minimum absolute atomic E-state index is 1.44. The standard InChI is InChI=1S/CClFO2/c2-1(4)5-3. The monoisotopic (exact) mass is 98.0 g/mol. The molecule has 0 atom stereocenters. The second-order valence-electron chi connectivity index (χ2n) is 0.315. The summed E-state index contributed by atoms with van der Waals surface area (Å²) in [6.45, 7) is 0. The van der Waals surface area contributed by atoms with Gasteiger partial charge in [-0.15, -0.1) is 0 Å². The van der Waals surface area contributed by atoms with Gasteiger partial charge in [-0.25, -0.2) is 9.74 Å². The van der Waals surface area contributed by atoms with Crippen molar-refractivity contribution < 1.29 is 14.3 Å². The Bertz CT molecular complexity index is 44.9. The van der Waals surface area contributed by atoms with E-state index < -0.39 is 5.43 Å². The number of hydrogen-bond acceptors (Lipinski definition) is 2. The highest BCUT2D eigenvalue weighted by molar-refractivity contribution is 6.61. The molecule has 30 valence electrons. The van der Waals surface area contributed by atoms with Gasteiger partial charge >= 0.3 is 5.43 Å². The van der Waals surface area contributed by atoms with Crippen LogP contribution in [-0.2, 0) is 4.94 Å². The van der Waals surface area contributed by atoms with Gasteiger partial charge < -0.3 is 0 Å². The number of rotatable bonds is 0. The highest BCUT2D eigenvalue weighted by Gasteiger charge is 1.86. The molecule has 0 radical (unpaired) electrons. The molecule has 0 saturated carbocycles. The van der Waals surface area contributed by atoms with Gasteiger partial charge in [0, 0.05) is 16.1 Å². The SMILES string of the molecule is O=C(Cl)OF. The van der Waals surface area contributed by atoms with Crippen molar-refractivity contribution >= 4 is 17.0 Å². The first-order valence-electron chi connectivity index (χ1n) is 0.752. The van der Waals surface area contributed by atoms with E-state index in [-0.39, 0.29) is 0 Å². The van der Waals surface area contributed by atoms with Crippen molar-refractivity contribution in [3.05, 3.63) is 0 Å². The van der Waals surface area contributed by atoms with Crippen molar-refractivity contribution in [1.29, 1.82) is 0 Å². The lowest BCUT2D eigenvalue weighted by Crippen LogP contribution is -1.74. The fourth-order valence-corrected chi connectivity index (χ4v) is 0. The lowest BCUT2D eigenvalue weighted by atomic mass is 11.6. The van der Waals surface area contributed by atoms with Crippen LogP contribution in [0.25, 0.3) is 0 Å². The van der Waals surface area contributed by atoms with Crippen molar-refractivity contribution in [2.45, 2.75) is 0 Å². The molecule has 5 heavy (non-hydrogen) atoms. The van der Waals surface area contributed by atoms with Crippen LogP contribution in [0, 0.1) is 0 Å². The minimum atomic E-state index is -1.44. The molecular weight excluding hydrogens is 98.5 g/mol. The van der Waals surface area contributed by atoms with E-state index in [0.29, 0.717) is 0 Å². The van der Waals surface area contributed by atoms with E-state index in [1.165, 1.54) is 0 Å². The third kappa shape index (κ3) is 3.69. The summed E-state index contributed by atoms with van der Waals surface area (Å²) in [5, 5.41) is 0. The summed E-state index contributed by atoms with van der Waals surface area (Å²) in [4.78, 5) is 11.4. The summed E-state index contributed by atoms with van der Waals surface area (Å²) in [7, 11) is 0. The molecular formula is CClFO2. The number of carbonyl (C=O) groups excluding carboxylic acids is 1. The Balaban J connectivity index is 2.85. The maximum Gasteiger partial charge on any atom is 0.441 e. The van der Waals surface area contributed by atoms with Crippen molar-refractivity contribution in [2.75, 3.05) is 0 Å². The van der Waals surface area contributed by atoms with Gasteiger partial charge in [-0.05, 0) is 0 Å². The van der Waals surface area contributed by atoms with E-state index in [4.69, 9.17) is 4.79 Å². The summed E-state index contributed by atoms with van der Waals surface area (Å²) in [5.74, 6) is 0. The maximum atomic E-state index is 10.1. The van der Waals surface area contributed by atoms with Crippen molar-refractivity contribution in [1.82, 2.24) is 0 Å². The summed E-state index contributed by atoms with van der Waals surface area (Å²) in [6.07, 6.45) is 0. The van der Waals surface area contributed by atoms with Crippen LogP contribution in [-0.4, -0.2) is 5.43 Å². The normalized spacial score (nSPS) is 6.80. The van der Waals surface area contributed by atoms with Gasteiger partial charge in [-0.2, -0.15) is 0 Å². The first-order valence-corrected chi connectivity index (χ1v) is 1.13. The number of halogens is 2. The van der Waals surface area contributed by atoms with Crippen LogP contribution in [0.1, 0.15) is 0 Å². The Morgan fingerprint density at radius 2 is 2.20 bits per heavy atom. The average Bonchev–Trinajstić information content (AvgIpc) is 1.38. The Morgan fingerprint density at radius 1 is 2.00 bits per heavy atom. The molecule has 0 N–H and O–H groups in total. The number of carbonyl (C=O) groups is 1. The highest BCUT2D eigenvalue weighted by Crippen LogP contribution is 1.83. The topological polar surface area (TPSA) is 26.3 Å². The van der Waals surface area contributed by atoms with Crippen LogP contribution in [0.5, 0.6) is 0 Å². The molecule has 0 aromatic heterocycles. The molecule has 2 nitrogen and oxygen atoms in total. The van der Waals surface area contributed by atoms with Gasteiger partial charge in [0.15, 0.2) is 0 Å². The van der Waals surface area contributed by atoms with Crippen LogP contribution in [0.3, 0.4) is 0 Å². The molecule has 0 bridgehead atoms. The largest absolute Gasteiger partial charge is 0.441 e. The molecule has 0 aliphatic carbocycles. The van der Waals surface area contributed by atoms with Gasteiger partial charge in [-0.3, -0.25) is 0 Å². The third-order valence-corrected chi connectivity index (χ3v) is 0.119. The predicted octanol–water partition coefficient (Wildman–Crippen LogP) is 1.25. The zero-order valence-electron chi connectivity index (χ0n) is 2.07. The minimum Gasteiger partial charge on any atom is -0.236 e. The molecule has 0 heterocycles. The lowest BCUT2D eigenvalue weighted by Gasteiger charge is -1.68. The highest BCUT2D eigenvalue weighted by atomic mass is 35.5. The fraction of sp³-hybridized carbons (Fsp3) is 0. The van der Waals surface area contributed by atoms with Gasteiger partial charge in [0.25, 0.3) is 0 Å². The van der Waals surface area contributed by atoms with Crippen LogP contribution >= 0.6 is 11.6 Å². The molecule has 0 unspecified atom stereocenters. The predicted molar refractivity (Wildman–Crippen MR) is 13.4 cm³/mol. The molecule has 0 amide bonds. The second kappa shape index (κ2) is 1.96. The smallest absolute Gasteiger partial charge is 0.236 e. The second-order valence-corrected chi connectivity index (χ2v) is 0.623. The van der Waals surface area contributed by atoms with E-state index in [0.717, 1.165) is 0 Å². The van der Waals surface area contributed by atoms with Gasteiger partial charge in [-0.1, -0.05) is 0 Å². The van der Waals surface area contributed by atoms with Crippen LogP contribution < -0.4 is 0 Å². The third-order valence-electron chi connectivity index (χ3n) is 0.0607. The molecule has 0 aliphatic rings. The first kappa shape index (κ1) is 4.69. The molecule has 0 rings (SSSR count). The van der Waals surface area contributed by atoms with Gasteiger partial charge in [0.2, 0.25) is 0 Å². The lowest BCUT2D eigenvalue weighted by molar-refractivity contribution is -0.0474. The molecule has 0 spiro atoms. The zero-order chi connectivity index (χ0) is 4.28. The van der Waals surface area contributed by atoms with Crippen molar-refractivity contribution in [3.63, 3.8) is 0 Å². The van der Waals surface area contributed by atoms with Crippen LogP contribution in [0.4, 0.5) is 9.32 Å². The summed E-state index contributed by atoms with van der Waals surface area (Å²) in [5.41, 5.74) is -1.44.